The molecule has 1 unspecified atom stereocenters. The SMILES string of the molecule is CNC(=O)C(CNC(=O)[C@H](Cc1ccc2ccccc2c1)C(N)=O)Cc1ccccc1. The van der Waals surface area contributed by atoms with E-state index in [0.29, 0.717) is 6.42 Å². The number of hydrogen-bond acceptors (Lipinski definition) is 3. The molecule has 0 radical (unpaired) electrons. The van der Waals surface area contributed by atoms with Gasteiger partial charge in [0.25, 0.3) is 0 Å². The molecular weight excluding hydrogens is 390 g/mol. The van der Waals surface area contributed by atoms with Crippen LogP contribution in [0.25, 0.3) is 10.8 Å². The molecule has 2 atom stereocenters. The number of nitrogens with one attached hydrogen (secondary N) is 2. The average molecular weight is 418 g/mol. The molecule has 3 rings (SSSR count). The largest absolute Gasteiger partial charge is 0.369 e. The number of amides is 3. The lowest BCUT2D eigenvalue weighted by molar-refractivity contribution is -0.133. The molecule has 3 aromatic rings. The van der Waals surface area contributed by atoms with Gasteiger partial charge in [-0.2, -0.15) is 0 Å². The number of carbonyl (C=O) groups is 3. The molecule has 6 heteroatoms. The number of nitrogens with two attached hydrogens (primary N) is 1. The maximum Gasteiger partial charge on any atom is 0.232 e. The molecule has 0 bridgehead atoms. The molecule has 0 spiro atoms. The quantitative estimate of drug-likeness (QED) is 0.465. The van der Waals surface area contributed by atoms with Crippen LogP contribution in [-0.4, -0.2) is 31.3 Å². The van der Waals surface area contributed by atoms with E-state index < -0.39 is 23.7 Å². The Kier molecular flexibility index (Phi) is 7.38. The third kappa shape index (κ3) is 5.92. The van der Waals surface area contributed by atoms with Gasteiger partial charge in [-0.25, -0.2) is 0 Å². The van der Waals surface area contributed by atoms with Crippen LogP contribution < -0.4 is 16.4 Å². The minimum absolute atomic E-state index is 0.120. The summed E-state index contributed by atoms with van der Waals surface area (Å²) >= 11 is 0. The standard InChI is InChI=1S/C25H27N3O3/c1-27-24(30)21(13-17-7-3-2-4-8-17)16-28-25(31)22(23(26)29)15-18-11-12-19-9-5-6-10-20(19)14-18/h2-12,14,21-22H,13,15-16H2,1H3,(H2,26,29)(H,27,30)(H,28,31)/t21?,22-/m1/s1. The summed E-state index contributed by atoms with van der Waals surface area (Å²) in [5.41, 5.74) is 7.38. The molecule has 0 fully saturated rings. The predicted molar refractivity (Wildman–Crippen MR) is 121 cm³/mol. The zero-order valence-corrected chi connectivity index (χ0v) is 17.5. The average Bonchev–Trinajstić information content (AvgIpc) is 2.79. The highest BCUT2D eigenvalue weighted by molar-refractivity contribution is 6.00. The summed E-state index contributed by atoms with van der Waals surface area (Å²) in [5, 5.41) is 7.51. The van der Waals surface area contributed by atoms with Gasteiger partial charge in [0.15, 0.2) is 0 Å². The molecule has 0 aliphatic rings. The summed E-state index contributed by atoms with van der Waals surface area (Å²) in [7, 11) is 1.56. The second-order valence-electron chi connectivity index (χ2n) is 7.59. The van der Waals surface area contributed by atoms with Crippen LogP contribution in [-0.2, 0) is 27.2 Å². The molecule has 0 heterocycles. The van der Waals surface area contributed by atoms with E-state index in [1.54, 1.807) is 7.05 Å². The van der Waals surface area contributed by atoms with Crippen LogP contribution in [0.5, 0.6) is 0 Å². The molecule has 31 heavy (non-hydrogen) atoms. The zero-order chi connectivity index (χ0) is 22.2. The Morgan fingerprint density at radius 3 is 2.16 bits per heavy atom. The van der Waals surface area contributed by atoms with Gasteiger partial charge in [-0.1, -0.05) is 72.8 Å². The van der Waals surface area contributed by atoms with E-state index in [9.17, 15) is 14.4 Å². The lowest BCUT2D eigenvalue weighted by atomic mass is 9.95. The molecule has 160 valence electrons. The van der Waals surface area contributed by atoms with Crippen molar-refractivity contribution in [1.29, 1.82) is 0 Å². The summed E-state index contributed by atoms with van der Waals surface area (Å²) in [4.78, 5) is 37.1. The Hall–Kier alpha value is -3.67. The number of fused-ring (bicyclic) bond motifs is 1. The zero-order valence-electron chi connectivity index (χ0n) is 17.5. The van der Waals surface area contributed by atoms with Gasteiger partial charge in [-0.05, 0) is 34.7 Å². The first-order chi connectivity index (χ1) is 15.0. The Morgan fingerprint density at radius 1 is 0.806 bits per heavy atom. The molecule has 0 aliphatic carbocycles. The van der Waals surface area contributed by atoms with E-state index in [0.717, 1.165) is 21.9 Å². The number of rotatable bonds is 9. The van der Waals surface area contributed by atoms with Crippen LogP contribution in [0.3, 0.4) is 0 Å². The van der Waals surface area contributed by atoms with E-state index in [1.165, 1.54) is 0 Å². The lowest BCUT2D eigenvalue weighted by Gasteiger charge is -2.19. The van der Waals surface area contributed by atoms with Crippen LogP contribution in [0.1, 0.15) is 11.1 Å². The fourth-order valence-electron chi connectivity index (χ4n) is 3.63. The highest BCUT2D eigenvalue weighted by Gasteiger charge is 2.27. The van der Waals surface area contributed by atoms with Crippen molar-refractivity contribution in [2.45, 2.75) is 12.8 Å². The lowest BCUT2D eigenvalue weighted by Crippen LogP contribution is -2.44. The molecule has 0 saturated carbocycles. The molecule has 4 N–H and O–H groups in total. The minimum Gasteiger partial charge on any atom is -0.369 e. The first-order valence-electron chi connectivity index (χ1n) is 10.3. The predicted octanol–water partition coefficient (Wildman–Crippen LogP) is 2.20. The smallest absolute Gasteiger partial charge is 0.232 e. The normalized spacial score (nSPS) is 12.7. The van der Waals surface area contributed by atoms with Gasteiger partial charge >= 0.3 is 0 Å². The summed E-state index contributed by atoms with van der Waals surface area (Å²) in [5.74, 6) is -2.80. The van der Waals surface area contributed by atoms with Gasteiger partial charge in [0.05, 0.1) is 5.92 Å². The maximum absolute atomic E-state index is 12.8. The monoisotopic (exact) mass is 417 g/mol. The van der Waals surface area contributed by atoms with Crippen LogP contribution in [0, 0.1) is 11.8 Å². The minimum atomic E-state index is -1.01. The van der Waals surface area contributed by atoms with Gasteiger partial charge < -0.3 is 16.4 Å². The first kappa shape index (κ1) is 22.0. The van der Waals surface area contributed by atoms with E-state index >= 15 is 0 Å². The Balaban J connectivity index is 1.68. The van der Waals surface area contributed by atoms with E-state index in [2.05, 4.69) is 10.6 Å². The van der Waals surface area contributed by atoms with E-state index in [-0.39, 0.29) is 18.9 Å². The molecule has 0 aliphatic heterocycles. The van der Waals surface area contributed by atoms with Crippen molar-refractivity contribution in [3.63, 3.8) is 0 Å². The Bertz CT molecular complexity index is 1070. The number of benzene rings is 3. The van der Waals surface area contributed by atoms with Gasteiger partial charge in [-0.15, -0.1) is 0 Å². The van der Waals surface area contributed by atoms with Gasteiger partial charge in [-0.3, -0.25) is 14.4 Å². The maximum atomic E-state index is 12.8. The fourth-order valence-corrected chi connectivity index (χ4v) is 3.63. The molecule has 0 aromatic heterocycles. The van der Waals surface area contributed by atoms with Crippen molar-refractivity contribution in [1.82, 2.24) is 10.6 Å². The number of hydrogen-bond donors (Lipinski definition) is 3. The summed E-state index contributed by atoms with van der Waals surface area (Å²) in [6.45, 7) is 0.120. The molecule has 0 saturated heterocycles. The fraction of sp³-hybridized carbons (Fsp3) is 0.240. The van der Waals surface area contributed by atoms with Crippen LogP contribution in [0.15, 0.2) is 72.8 Å². The molecule has 6 nitrogen and oxygen atoms in total. The van der Waals surface area contributed by atoms with Crippen LogP contribution >= 0.6 is 0 Å². The van der Waals surface area contributed by atoms with Crippen molar-refractivity contribution < 1.29 is 14.4 Å². The number of primary amides is 1. The van der Waals surface area contributed by atoms with Crippen molar-refractivity contribution >= 4 is 28.5 Å². The second-order valence-corrected chi connectivity index (χ2v) is 7.59. The highest BCUT2D eigenvalue weighted by atomic mass is 16.2. The van der Waals surface area contributed by atoms with Crippen LogP contribution in [0.4, 0.5) is 0 Å². The summed E-state index contributed by atoms with van der Waals surface area (Å²) in [6.07, 6.45) is 0.683. The summed E-state index contributed by atoms with van der Waals surface area (Å²) < 4.78 is 0. The molecular formula is C25H27N3O3. The molecule has 3 amide bonds. The third-order valence-corrected chi connectivity index (χ3v) is 5.38. The highest BCUT2D eigenvalue weighted by Crippen LogP contribution is 2.18. The van der Waals surface area contributed by atoms with Crippen LogP contribution in [0.2, 0.25) is 0 Å². The topological polar surface area (TPSA) is 101 Å². The van der Waals surface area contributed by atoms with Gasteiger partial charge in [0.2, 0.25) is 17.7 Å². The van der Waals surface area contributed by atoms with Crippen molar-refractivity contribution in [3.05, 3.63) is 83.9 Å². The second kappa shape index (κ2) is 10.4. The van der Waals surface area contributed by atoms with Crippen molar-refractivity contribution in [2.75, 3.05) is 13.6 Å². The Labute approximate surface area is 181 Å². The van der Waals surface area contributed by atoms with E-state index in [4.69, 9.17) is 5.73 Å². The van der Waals surface area contributed by atoms with Crippen molar-refractivity contribution in [3.8, 4) is 0 Å². The first-order valence-corrected chi connectivity index (χ1v) is 10.3. The van der Waals surface area contributed by atoms with Gasteiger partial charge in [0.1, 0.15) is 5.92 Å². The third-order valence-electron chi connectivity index (χ3n) is 5.38. The van der Waals surface area contributed by atoms with Crippen molar-refractivity contribution in [2.24, 2.45) is 17.6 Å². The number of carbonyl (C=O) groups excluding carboxylic acids is 3. The molecule has 3 aromatic carbocycles. The van der Waals surface area contributed by atoms with Gasteiger partial charge in [0, 0.05) is 13.6 Å². The van der Waals surface area contributed by atoms with E-state index in [1.807, 2.05) is 72.8 Å². The Morgan fingerprint density at radius 2 is 1.48 bits per heavy atom. The summed E-state index contributed by atoms with van der Waals surface area (Å²) in [6, 6.07) is 23.3.